The molecule has 1 saturated heterocycles. The molecule has 162 valence electrons. The first-order chi connectivity index (χ1) is 15.8. The highest BCUT2D eigenvalue weighted by atomic mass is 16.5. The highest BCUT2D eigenvalue weighted by Crippen LogP contribution is 2.46. The topological polar surface area (TPSA) is 32.8 Å². The van der Waals surface area contributed by atoms with Gasteiger partial charge in [0.15, 0.2) is 0 Å². The van der Waals surface area contributed by atoms with Crippen LogP contribution in [0.3, 0.4) is 0 Å². The van der Waals surface area contributed by atoms with Gasteiger partial charge in [0.1, 0.15) is 11.5 Å². The van der Waals surface area contributed by atoms with Gasteiger partial charge in [-0.3, -0.25) is 4.79 Å². The number of carbonyl (C=O) groups excluding carboxylic acids is 1. The van der Waals surface area contributed by atoms with Crippen LogP contribution in [0.2, 0.25) is 0 Å². The second-order valence-corrected chi connectivity index (χ2v) is 9.11. The van der Waals surface area contributed by atoms with E-state index in [4.69, 9.17) is 4.74 Å². The fraction of sp³-hybridized carbons (Fsp3) is 0.321. The molecule has 3 aliphatic heterocycles. The van der Waals surface area contributed by atoms with E-state index in [1.54, 1.807) is 0 Å². The summed E-state index contributed by atoms with van der Waals surface area (Å²) >= 11 is 0. The van der Waals surface area contributed by atoms with Gasteiger partial charge in [-0.15, -0.1) is 0 Å². The van der Waals surface area contributed by atoms with Gasteiger partial charge in [-0.2, -0.15) is 0 Å². The van der Waals surface area contributed by atoms with Gasteiger partial charge in [-0.1, -0.05) is 60.7 Å². The molecule has 3 aromatic carbocycles. The van der Waals surface area contributed by atoms with Crippen LogP contribution in [0.15, 0.2) is 72.8 Å². The molecule has 0 spiro atoms. The van der Waals surface area contributed by atoms with Crippen LogP contribution in [0.4, 0.5) is 0 Å². The Bertz CT molecular complexity index is 1110. The SMILES string of the molecule is O=C(C1c2ccccc2Oc2ccccc21)N1CCc2ccccc2C1CN1CCCC1. The molecule has 4 heteroatoms. The number of carbonyl (C=O) groups is 1. The third kappa shape index (κ3) is 3.30. The molecule has 32 heavy (non-hydrogen) atoms. The molecule has 0 aromatic heterocycles. The van der Waals surface area contributed by atoms with Gasteiger partial charge in [0.2, 0.25) is 5.91 Å². The molecule has 0 radical (unpaired) electrons. The molecule has 3 aliphatic rings. The van der Waals surface area contributed by atoms with E-state index < -0.39 is 0 Å². The maximum absolute atomic E-state index is 14.3. The van der Waals surface area contributed by atoms with Gasteiger partial charge in [0.05, 0.1) is 12.0 Å². The molecule has 3 aromatic rings. The standard InChI is InChI=1S/C28H28N2O2/c31-28(27-22-11-3-5-13-25(22)32-26-14-6-4-12-23(26)27)30-18-15-20-9-1-2-10-21(20)24(30)19-29-16-7-8-17-29/h1-6,9-14,24,27H,7-8,15-19H2. The molecule has 1 atom stereocenters. The summed E-state index contributed by atoms with van der Waals surface area (Å²) in [6.45, 7) is 3.93. The average Bonchev–Trinajstić information content (AvgIpc) is 3.35. The van der Waals surface area contributed by atoms with Gasteiger partial charge in [-0.25, -0.2) is 0 Å². The lowest BCUT2D eigenvalue weighted by molar-refractivity contribution is -0.135. The van der Waals surface area contributed by atoms with Crippen LogP contribution in [-0.2, 0) is 11.2 Å². The fourth-order valence-corrected chi connectivity index (χ4v) is 5.66. The van der Waals surface area contributed by atoms with Crippen molar-refractivity contribution >= 4 is 5.91 Å². The van der Waals surface area contributed by atoms with Crippen molar-refractivity contribution in [3.8, 4) is 11.5 Å². The molecule has 3 heterocycles. The summed E-state index contributed by atoms with van der Waals surface area (Å²) in [5.74, 6) is 1.44. The van der Waals surface area contributed by atoms with E-state index in [0.29, 0.717) is 0 Å². The number of hydrogen-bond donors (Lipinski definition) is 0. The van der Waals surface area contributed by atoms with Crippen molar-refractivity contribution in [2.24, 2.45) is 0 Å². The first kappa shape index (κ1) is 19.6. The normalized spacial score (nSPS) is 20.2. The molecule has 0 saturated carbocycles. The van der Waals surface area contributed by atoms with Crippen molar-refractivity contribution in [3.63, 3.8) is 0 Å². The van der Waals surface area contributed by atoms with Gasteiger partial charge >= 0.3 is 0 Å². The summed E-state index contributed by atoms with van der Waals surface area (Å²) in [5.41, 5.74) is 4.63. The summed E-state index contributed by atoms with van der Waals surface area (Å²) in [6, 6.07) is 24.8. The highest BCUT2D eigenvalue weighted by Gasteiger charge is 2.40. The van der Waals surface area contributed by atoms with Crippen molar-refractivity contribution in [3.05, 3.63) is 95.1 Å². The lowest BCUT2D eigenvalue weighted by atomic mass is 9.84. The molecule has 1 fully saturated rings. The van der Waals surface area contributed by atoms with Crippen LogP contribution >= 0.6 is 0 Å². The number of para-hydroxylation sites is 2. The minimum Gasteiger partial charge on any atom is -0.457 e. The number of hydrogen-bond acceptors (Lipinski definition) is 3. The number of likely N-dealkylation sites (tertiary alicyclic amines) is 1. The first-order valence-corrected chi connectivity index (χ1v) is 11.8. The molecule has 1 amide bonds. The Hall–Kier alpha value is -3.11. The zero-order valence-corrected chi connectivity index (χ0v) is 18.2. The van der Waals surface area contributed by atoms with Gasteiger partial charge in [0, 0.05) is 24.2 Å². The van der Waals surface area contributed by atoms with Crippen LogP contribution in [0.25, 0.3) is 0 Å². The number of rotatable bonds is 3. The van der Waals surface area contributed by atoms with Gasteiger partial charge in [0.25, 0.3) is 0 Å². The Morgan fingerprint density at radius 3 is 2.06 bits per heavy atom. The summed E-state index contributed by atoms with van der Waals surface area (Å²) in [6.07, 6.45) is 3.41. The van der Waals surface area contributed by atoms with Crippen molar-refractivity contribution < 1.29 is 9.53 Å². The highest BCUT2D eigenvalue weighted by molar-refractivity contribution is 5.90. The lowest BCUT2D eigenvalue weighted by Crippen LogP contribution is -2.47. The quantitative estimate of drug-likeness (QED) is 0.583. The zero-order chi connectivity index (χ0) is 21.5. The molecule has 0 bridgehead atoms. The van der Waals surface area contributed by atoms with Crippen LogP contribution in [-0.4, -0.2) is 41.9 Å². The van der Waals surface area contributed by atoms with E-state index in [1.807, 2.05) is 48.5 Å². The van der Waals surface area contributed by atoms with Crippen molar-refractivity contribution in [2.75, 3.05) is 26.2 Å². The molecular formula is C28H28N2O2. The monoisotopic (exact) mass is 424 g/mol. The summed E-state index contributed by atoms with van der Waals surface area (Å²) in [4.78, 5) is 19.0. The second kappa shape index (κ2) is 8.10. The molecule has 0 N–H and O–H groups in total. The Morgan fingerprint density at radius 1 is 0.781 bits per heavy atom. The smallest absolute Gasteiger partial charge is 0.235 e. The van der Waals surface area contributed by atoms with Crippen molar-refractivity contribution in [1.82, 2.24) is 9.80 Å². The Morgan fingerprint density at radius 2 is 1.38 bits per heavy atom. The van der Waals surface area contributed by atoms with Crippen LogP contribution in [0.1, 0.15) is 47.1 Å². The predicted octanol–water partition coefficient (Wildman–Crippen LogP) is 5.15. The third-order valence-electron chi connectivity index (χ3n) is 7.25. The number of ether oxygens (including phenoxy) is 1. The molecule has 4 nitrogen and oxygen atoms in total. The number of nitrogens with zero attached hydrogens (tertiary/aromatic N) is 2. The maximum Gasteiger partial charge on any atom is 0.235 e. The van der Waals surface area contributed by atoms with E-state index in [1.165, 1.54) is 24.0 Å². The maximum atomic E-state index is 14.3. The molecule has 0 aliphatic carbocycles. The Kier molecular flexibility index (Phi) is 4.95. The van der Waals surface area contributed by atoms with Crippen molar-refractivity contribution in [1.29, 1.82) is 0 Å². The van der Waals surface area contributed by atoms with Gasteiger partial charge < -0.3 is 14.5 Å². The average molecular weight is 425 g/mol. The van der Waals surface area contributed by atoms with E-state index in [9.17, 15) is 4.79 Å². The van der Waals surface area contributed by atoms with E-state index in [-0.39, 0.29) is 17.9 Å². The first-order valence-electron chi connectivity index (χ1n) is 11.8. The van der Waals surface area contributed by atoms with E-state index in [2.05, 4.69) is 34.1 Å². The van der Waals surface area contributed by atoms with E-state index in [0.717, 1.165) is 55.2 Å². The molecule has 1 unspecified atom stereocenters. The molecular weight excluding hydrogens is 396 g/mol. The predicted molar refractivity (Wildman–Crippen MR) is 125 cm³/mol. The lowest BCUT2D eigenvalue weighted by Gasteiger charge is -2.41. The number of amides is 1. The summed E-state index contributed by atoms with van der Waals surface area (Å²) in [5, 5.41) is 0. The largest absolute Gasteiger partial charge is 0.457 e. The summed E-state index contributed by atoms with van der Waals surface area (Å²) < 4.78 is 6.16. The number of benzene rings is 3. The van der Waals surface area contributed by atoms with Crippen LogP contribution in [0.5, 0.6) is 11.5 Å². The fourth-order valence-electron chi connectivity index (χ4n) is 5.66. The number of fused-ring (bicyclic) bond motifs is 3. The van der Waals surface area contributed by atoms with Gasteiger partial charge in [-0.05, 0) is 55.6 Å². The van der Waals surface area contributed by atoms with Crippen molar-refractivity contribution in [2.45, 2.75) is 31.2 Å². The third-order valence-corrected chi connectivity index (χ3v) is 7.25. The van der Waals surface area contributed by atoms with E-state index >= 15 is 0 Å². The second-order valence-electron chi connectivity index (χ2n) is 9.11. The zero-order valence-electron chi connectivity index (χ0n) is 18.2. The molecule has 6 rings (SSSR count). The Balaban J connectivity index is 1.41. The minimum atomic E-state index is -0.331. The van der Waals surface area contributed by atoms with Crippen LogP contribution < -0.4 is 4.74 Å². The minimum absolute atomic E-state index is 0.0905. The Labute approximate surface area is 189 Å². The van der Waals surface area contributed by atoms with Crippen LogP contribution in [0, 0.1) is 0 Å². The summed E-state index contributed by atoms with van der Waals surface area (Å²) in [7, 11) is 0.